The summed E-state index contributed by atoms with van der Waals surface area (Å²) in [5.41, 5.74) is 2.02. The van der Waals surface area contributed by atoms with Crippen molar-refractivity contribution >= 4 is 23.5 Å². The first-order valence-corrected chi connectivity index (χ1v) is 12.0. The van der Waals surface area contributed by atoms with Crippen LogP contribution in [-0.4, -0.2) is 26.9 Å². The molecule has 0 bridgehead atoms. The molecule has 2 aliphatic heterocycles. The van der Waals surface area contributed by atoms with Gasteiger partial charge in [-0.1, -0.05) is 19.9 Å². The summed E-state index contributed by atoms with van der Waals surface area (Å²) in [6.07, 6.45) is 4.02. The van der Waals surface area contributed by atoms with Crippen molar-refractivity contribution in [3.05, 3.63) is 85.6 Å². The molecule has 2 atom stereocenters. The van der Waals surface area contributed by atoms with Gasteiger partial charge in [-0.3, -0.25) is 9.56 Å². The van der Waals surface area contributed by atoms with E-state index >= 15 is 0 Å². The number of hydrogen-bond acceptors (Lipinski definition) is 7. The van der Waals surface area contributed by atoms with Crippen molar-refractivity contribution in [1.82, 2.24) is 14.1 Å². The molecule has 2 aromatic carbocycles. The van der Waals surface area contributed by atoms with Crippen LogP contribution in [0.5, 0.6) is 5.75 Å². The molecule has 0 aliphatic carbocycles. The standard InChI is InChI=1S/C27H25FN6O3/c1-15-8-24-19(6-7-37-24)10-22(15)31-25-32-26(35)34(23-13-30-12-16(2)17(23)3)27(36)33(25)14-18-4-5-21(28)20(9-18)11-29/h4-5,8-10,12-13,16-17H,6-7,14H2,1-3H3,(H,31,32,35). The van der Waals surface area contributed by atoms with Crippen LogP contribution >= 0.6 is 0 Å². The number of nitriles is 1. The van der Waals surface area contributed by atoms with Crippen molar-refractivity contribution in [3.8, 4) is 11.8 Å². The number of fused-ring (bicyclic) bond motifs is 1. The summed E-state index contributed by atoms with van der Waals surface area (Å²) in [6.45, 7) is 6.31. The first kappa shape index (κ1) is 24.2. The van der Waals surface area contributed by atoms with Gasteiger partial charge in [0.05, 0.1) is 24.4 Å². The maximum Gasteiger partial charge on any atom is 0.359 e. The average molecular weight is 501 g/mol. The van der Waals surface area contributed by atoms with Crippen LogP contribution in [0.1, 0.15) is 36.1 Å². The number of aliphatic imine (C=N–C) groups is 1. The molecule has 0 amide bonds. The molecule has 0 saturated heterocycles. The zero-order chi connectivity index (χ0) is 26.3. The molecular weight excluding hydrogens is 475 g/mol. The molecule has 10 heteroatoms. The van der Waals surface area contributed by atoms with Crippen LogP contribution in [0.25, 0.3) is 5.70 Å². The van der Waals surface area contributed by atoms with Gasteiger partial charge in [-0.25, -0.2) is 18.5 Å². The van der Waals surface area contributed by atoms with Gasteiger partial charge in [0.25, 0.3) is 0 Å². The fraction of sp³-hybridized carbons (Fsp3) is 0.296. The molecule has 1 N–H and O–H groups in total. The third-order valence-corrected chi connectivity index (χ3v) is 6.89. The first-order chi connectivity index (χ1) is 17.8. The lowest BCUT2D eigenvalue weighted by Gasteiger charge is -2.24. The van der Waals surface area contributed by atoms with E-state index in [1.165, 1.54) is 29.0 Å². The summed E-state index contributed by atoms with van der Waals surface area (Å²) >= 11 is 0. The zero-order valence-corrected chi connectivity index (χ0v) is 20.7. The molecule has 1 aromatic heterocycles. The number of nitrogens with zero attached hydrogens (tertiary/aromatic N) is 5. The van der Waals surface area contributed by atoms with Gasteiger partial charge in [0.15, 0.2) is 0 Å². The maximum absolute atomic E-state index is 14.0. The van der Waals surface area contributed by atoms with E-state index < -0.39 is 17.2 Å². The van der Waals surface area contributed by atoms with Crippen LogP contribution < -0.4 is 21.4 Å². The van der Waals surface area contributed by atoms with E-state index in [1.54, 1.807) is 6.21 Å². The largest absolute Gasteiger partial charge is 0.493 e. The molecule has 188 valence electrons. The Hall–Kier alpha value is -4.52. The monoisotopic (exact) mass is 500 g/mol. The molecule has 5 rings (SSSR count). The highest BCUT2D eigenvalue weighted by molar-refractivity contribution is 5.70. The number of anilines is 2. The minimum absolute atomic E-state index is 0.0177. The Morgan fingerprint density at radius 3 is 2.84 bits per heavy atom. The van der Waals surface area contributed by atoms with E-state index in [0.717, 1.165) is 27.9 Å². The minimum Gasteiger partial charge on any atom is -0.493 e. The molecule has 2 aliphatic rings. The minimum atomic E-state index is -0.731. The lowest BCUT2D eigenvalue weighted by Crippen LogP contribution is -2.44. The molecule has 0 spiro atoms. The molecule has 9 nitrogen and oxygen atoms in total. The van der Waals surface area contributed by atoms with Gasteiger partial charge < -0.3 is 10.1 Å². The normalized spacial score (nSPS) is 18.1. The first-order valence-electron chi connectivity index (χ1n) is 12.0. The van der Waals surface area contributed by atoms with Gasteiger partial charge in [0.2, 0.25) is 5.95 Å². The summed E-state index contributed by atoms with van der Waals surface area (Å²) < 4.78 is 21.9. The molecule has 2 unspecified atom stereocenters. The predicted molar refractivity (Wildman–Crippen MR) is 138 cm³/mol. The van der Waals surface area contributed by atoms with Gasteiger partial charge in [-0.05, 0) is 53.8 Å². The van der Waals surface area contributed by atoms with Crippen molar-refractivity contribution < 1.29 is 9.13 Å². The van der Waals surface area contributed by atoms with Crippen molar-refractivity contribution in [2.75, 3.05) is 11.9 Å². The van der Waals surface area contributed by atoms with Crippen LogP contribution in [0.15, 0.2) is 51.1 Å². The number of hydrogen-bond donors (Lipinski definition) is 1. The van der Waals surface area contributed by atoms with Crippen molar-refractivity contribution in [2.45, 2.75) is 33.7 Å². The van der Waals surface area contributed by atoms with Crippen LogP contribution in [0.2, 0.25) is 0 Å². The van der Waals surface area contributed by atoms with Crippen LogP contribution in [-0.2, 0) is 13.0 Å². The molecule has 0 saturated carbocycles. The highest BCUT2D eigenvalue weighted by Gasteiger charge is 2.25. The van der Waals surface area contributed by atoms with Crippen molar-refractivity contribution in [3.63, 3.8) is 0 Å². The summed E-state index contributed by atoms with van der Waals surface area (Å²) in [5.74, 6) is 0.0730. The van der Waals surface area contributed by atoms with Crippen molar-refractivity contribution in [1.29, 1.82) is 5.26 Å². The number of aromatic nitrogens is 3. The van der Waals surface area contributed by atoms with Crippen molar-refractivity contribution in [2.24, 2.45) is 16.8 Å². The van der Waals surface area contributed by atoms with Gasteiger partial charge in [-0.15, -0.1) is 0 Å². The Kier molecular flexibility index (Phi) is 6.21. The van der Waals surface area contributed by atoms with Crippen LogP contribution in [0, 0.1) is 35.9 Å². The van der Waals surface area contributed by atoms with E-state index in [0.29, 0.717) is 23.6 Å². The Balaban J connectivity index is 1.66. The van der Waals surface area contributed by atoms with E-state index in [-0.39, 0.29) is 29.9 Å². The van der Waals surface area contributed by atoms with Gasteiger partial charge >= 0.3 is 11.4 Å². The average Bonchev–Trinajstić information content (AvgIpc) is 3.32. The highest BCUT2D eigenvalue weighted by Crippen LogP contribution is 2.32. The highest BCUT2D eigenvalue weighted by atomic mass is 19.1. The molecular formula is C27H25FN6O3. The fourth-order valence-electron chi connectivity index (χ4n) is 4.51. The Bertz CT molecular complexity index is 1630. The third-order valence-electron chi connectivity index (χ3n) is 6.89. The SMILES string of the molecule is Cc1cc2c(cc1Nc1nc(=O)n(C3=CN=CC(C)C3C)c(=O)n1Cc1ccc(F)c(C#N)c1)CCO2. The van der Waals surface area contributed by atoms with Crippen LogP contribution in [0.3, 0.4) is 0 Å². The fourth-order valence-corrected chi connectivity index (χ4v) is 4.51. The van der Waals surface area contributed by atoms with Gasteiger partial charge in [0.1, 0.15) is 17.6 Å². The predicted octanol–water partition coefficient (Wildman–Crippen LogP) is 3.61. The Morgan fingerprint density at radius 1 is 1.24 bits per heavy atom. The number of ether oxygens (including phenoxy) is 1. The number of benzene rings is 2. The quantitative estimate of drug-likeness (QED) is 0.573. The van der Waals surface area contributed by atoms with E-state index in [4.69, 9.17) is 4.74 Å². The summed E-state index contributed by atoms with van der Waals surface area (Å²) in [5, 5.41) is 12.4. The molecule has 0 fully saturated rings. The number of aryl methyl sites for hydroxylation is 1. The van der Waals surface area contributed by atoms with E-state index in [9.17, 15) is 19.2 Å². The number of allylic oxidation sites excluding steroid dienone is 1. The van der Waals surface area contributed by atoms with Gasteiger partial charge in [0, 0.05) is 30.4 Å². The maximum atomic E-state index is 14.0. The summed E-state index contributed by atoms with van der Waals surface area (Å²) in [7, 11) is 0. The van der Waals surface area contributed by atoms with Gasteiger partial charge in [-0.2, -0.15) is 10.2 Å². The second-order valence-electron chi connectivity index (χ2n) is 9.35. The second kappa shape index (κ2) is 9.50. The number of nitrogens with one attached hydrogen (secondary N) is 1. The number of rotatable bonds is 5. The Morgan fingerprint density at radius 2 is 2.05 bits per heavy atom. The summed E-state index contributed by atoms with van der Waals surface area (Å²) in [4.78, 5) is 35.5. The second-order valence-corrected chi connectivity index (χ2v) is 9.35. The lowest BCUT2D eigenvalue weighted by atomic mass is 9.92. The topological polar surface area (TPSA) is 114 Å². The molecule has 3 heterocycles. The van der Waals surface area contributed by atoms with Crippen LogP contribution in [0.4, 0.5) is 16.0 Å². The van der Waals surface area contributed by atoms with E-state index in [2.05, 4.69) is 15.3 Å². The molecule has 0 radical (unpaired) electrons. The zero-order valence-electron chi connectivity index (χ0n) is 20.7. The summed E-state index contributed by atoms with van der Waals surface area (Å²) in [6, 6.07) is 9.71. The van der Waals surface area contributed by atoms with E-state index in [1.807, 2.05) is 39.0 Å². The molecule has 3 aromatic rings. The number of halogens is 1. The Labute approximate surface area is 212 Å². The third kappa shape index (κ3) is 4.44. The smallest absolute Gasteiger partial charge is 0.359 e. The molecule has 37 heavy (non-hydrogen) atoms. The lowest BCUT2D eigenvalue weighted by molar-refractivity contribution is 0.356.